The topological polar surface area (TPSA) is 40.5 Å². The van der Waals surface area contributed by atoms with Gasteiger partial charge in [-0.3, -0.25) is 0 Å². The highest BCUT2D eigenvalue weighted by Gasteiger charge is 2.58. The van der Waals surface area contributed by atoms with Crippen molar-refractivity contribution in [1.29, 1.82) is 0 Å². The molecule has 2 bridgehead atoms. The fraction of sp³-hybridized carbons (Fsp3) is 0.613. The van der Waals surface area contributed by atoms with Gasteiger partial charge in [0, 0.05) is 10.6 Å². The SMILES string of the molecule is Cc1cc(C2CCC3C4CC(c5cc(Cl)cc(C(C)(C)C)c5O)C(C4)C23)c(O)c(C(C)(C)C)c1. The molecule has 0 aliphatic heterocycles. The van der Waals surface area contributed by atoms with Crippen molar-refractivity contribution in [3.05, 3.63) is 57.1 Å². The summed E-state index contributed by atoms with van der Waals surface area (Å²) in [5, 5.41) is 23.5. The summed E-state index contributed by atoms with van der Waals surface area (Å²) in [5.74, 6) is 4.28. The Morgan fingerprint density at radius 2 is 1.32 bits per heavy atom. The molecule has 3 saturated carbocycles. The Morgan fingerprint density at radius 3 is 1.94 bits per heavy atom. The number of hydrogen-bond acceptors (Lipinski definition) is 2. The van der Waals surface area contributed by atoms with Gasteiger partial charge in [-0.05, 0) is 108 Å². The average Bonchev–Trinajstić information content (AvgIpc) is 3.41. The number of hydrogen-bond donors (Lipinski definition) is 2. The van der Waals surface area contributed by atoms with E-state index in [4.69, 9.17) is 11.6 Å². The summed E-state index contributed by atoms with van der Waals surface area (Å²) in [7, 11) is 0. The van der Waals surface area contributed by atoms with Gasteiger partial charge in [0.15, 0.2) is 0 Å². The van der Waals surface area contributed by atoms with Crippen molar-refractivity contribution in [2.45, 2.75) is 96.8 Å². The van der Waals surface area contributed by atoms with Crippen LogP contribution in [0.4, 0.5) is 0 Å². The van der Waals surface area contributed by atoms with E-state index >= 15 is 0 Å². The van der Waals surface area contributed by atoms with E-state index in [9.17, 15) is 10.2 Å². The predicted molar refractivity (Wildman–Crippen MR) is 141 cm³/mol. The summed E-state index contributed by atoms with van der Waals surface area (Å²) in [6, 6.07) is 8.37. The molecule has 34 heavy (non-hydrogen) atoms. The van der Waals surface area contributed by atoms with E-state index in [1.54, 1.807) is 0 Å². The first-order valence-corrected chi connectivity index (χ1v) is 13.5. The van der Waals surface area contributed by atoms with Gasteiger partial charge in [-0.25, -0.2) is 0 Å². The standard InChI is InChI=1S/C31H41ClO2/c1-16-10-23(28(33)25(11-16)30(2,3)4)20-9-8-19-17-12-21(22(13-17)27(19)20)24-14-18(32)15-26(29(24)34)31(5,6)7/h10-11,14-15,17,19-22,27,33-34H,8-9,12-13H2,1-7H3. The van der Waals surface area contributed by atoms with Crippen molar-refractivity contribution < 1.29 is 10.2 Å². The molecule has 3 aliphatic rings. The number of phenols is 2. The molecule has 2 nitrogen and oxygen atoms in total. The van der Waals surface area contributed by atoms with E-state index in [2.05, 4.69) is 60.6 Å². The minimum atomic E-state index is -0.156. The minimum Gasteiger partial charge on any atom is -0.507 e. The molecular formula is C31H41ClO2. The fourth-order valence-electron chi connectivity index (χ4n) is 7.96. The Balaban J connectivity index is 1.55. The molecule has 6 atom stereocenters. The van der Waals surface area contributed by atoms with Crippen LogP contribution in [-0.4, -0.2) is 10.2 Å². The first kappa shape index (κ1) is 24.0. The molecule has 0 spiro atoms. The number of aryl methyl sites for hydroxylation is 1. The van der Waals surface area contributed by atoms with E-state index in [0.717, 1.165) is 52.0 Å². The lowest BCUT2D eigenvalue weighted by Gasteiger charge is -2.37. The summed E-state index contributed by atoms with van der Waals surface area (Å²) in [5.41, 5.74) is 5.22. The maximum atomic E-state index is 11.4. The highest BCUT2D eigenvalue weighted by atomic mass is 35.5. The van der Waals surface area contributed by atoms with E-state index < -0.39 is 0 Å². The summed E-state index contributed by atoms with van der Waals surface area (Å²) >= 11 is 6.60. The Hall–Kier alpha value is -1.67. The van der Waals surface area contributed by atoms with Crippen molar-refractivity contribution in [2.75, 3.05) is 0 Å². The molecule has 0 heterocycles. The van der Waals surface area contributed by atoms with Crippen LogP contribution in [0.2, 0.25) is 5.02 Å². The molecule has 5 rings (SSSR count). The van der Waals surface area contributed by atoms with Crippen LogP contribution >= 0.6 is 11.6 Å². The van der Waals surface area contributed by atoms with Crippen LogP contribution in [0.5, 0.6) is 11.5 Å². The maximum absolute atomic E-state index is 11.4. The lowest BCUT2D eigenvalue weighted by molar-refractivity contribution is 0.213. The zero-order valence-electron chi connectivity index (χ0n) is 21.9. The van der Waals surface area contributed by atoms with Crippen LogP contribution in [0.3, 0.4) is 0 Å². The minimum absolute atomic E-state index is 0.0873. The Morgan fingerprint density at radius 1 is 0.735 bits per heavy atom. The maximum Gasteiger partial charge on any atom is 0.122 e. The molecule has 2 aromatic carbocycles. The van der Waals surface area contributed by atoms with Crippen LogP contribution < -0.4 is 0 Å². The molecule has 2 N–H and O–H groups in total. The van der Waals surface area contributed by atoms with Crippen LogP contribution in [-0.2, 0) is 10.8 Å². The third kappa shape index (κ3) is 3.76. The van der Waals surface area contributed by atoms with Crippen molar-refractivity contribution in [3.63, 3.8) is 0 Å². The Kier molecular flexibility index (Phi) is 5.60. The summed E-state index contributed by atoms with van der Waals surface area (Å²) in [4.78, 5) is 0. The van der Waals surface area contributed by atoms with Crippen molar-refractivity contribution in [3.8, 4) is 11.5 Å². The summed E-state index contributed by atoms with van der Waals surface area (Å²) in [6.07, 6.45) is 4.82. The van der Waals surface area contributed by atoms with E-state index in [-0.39, 0.29) is 10.8 Å². The van der Waals surface area contributed by atoms with Gasteiger partial charge >= 0.3 is 0 Å². The normalized spacial score (nSPS) is 30.7. The highest BCUT2D eigenvalue weighted by Crippen LogP contribution is 2.68. The van der Waals surface area contributed by atoms with Gasteiger partial charge in [0.05, 0.1) is 0 Å². The quantitative estimate of drug-likeness (QED) is 0.451. The van der Waals surface area contributed by atoms with Crippen molar-refractivity contribution >= 4 is 11.6 Å². The molecule has 6 unspecified atom stereocenters. The molecule has 0 radical (unpaired) electrons. The van der Waals surface area contributed by atoms with Crippen LogP contribution in [0, 0.1) is 30.6 Å². The molecule has 184 valence electrons. The zero-order chi connectivity index (χ0) is 24.7. The number of phenolic OH excluding ortho intramolecular Hbond substituents is 2. The van der Waals surface area contributed by atoms with Gasteiger partial charge in [-0.1, -0.05) is 70.8 Å². The van der Waals surface area contributed by atoms with Gasteiger partial charge < -0.3 is 10.2 Å². The number of fused-ring (bicyclic) bond motifs is 5. The van der Waals surface area contributed by atoms with Gasteiger partial charge in [0.1, 0.15) is 11.5 Å². The molecule has 0 saturated heterocycles. The molecule has 2 aromatic rings. The molecular weight excluding hydrogens is 440 g/mol. The second kappa shape index (κ2) is 7.92. The van der Waals surface area contributed by atoms with Crippen LogP contribution in [0.1, 0.15) is 107 Å². The van der Waals surface area contributed by atoms with Crippen molar-refractivity contribution in [1.82, 2.24) is 0 Å². The van der Waals surface area contributed by atoms with Gasteiger partial charge in [0.2, 0.25) is 0 Å². The monoisotopic (exact) mass is 480 g/mol. The van der Waals surface area contributed by atoms with E-state index in [0.29, 0.717) is 35.2 Å². The van der Waals surface area contributed by atoms with Gasteiger partial charge in [-0.2, -0.15) is 0 Å². The van der Waals surface area contributed by atoms with E-state index in [1.807, 2.05) is 12.1 Å². The second-order valence-corrected chi connectivity index (χ2v) is 14.0. The van der Waals surface area contributed by atoms with Crippen molar-refractivity contribution in [2.24, 2.45) is 23.7 Å². The molecule has 0 aromatic heterocycles. The number of halogens is 1. The predicted octanol–water partition coefficient (Wildman–Crippen LogP) is 8.59. The lowest BCUT2D eigenvalue weighted by Crippen LogP contribution is -2.27. The third-order valence-corrected chi connectivity index (χ3v) is 9.54. The summed E-state index contributed by atoms with van der Waals surface area (Å²) < 4.78 is 0. The summed E-state index contributed by atoms with van der Waals surface area (Å²) in [6.45, 7) is 15.1. The van der Waals surface area contributed by atoms with Crippen LogP contribution in [0.25, 0.3) is 0 Å². The molecule has 3 aliphatic carbocycles. The smallest absolute Gasteiger partial charge is 0.122 e. The first-order chi connectivity index (χ1) is 15.8. The zero-order valence-corrected chi connectivity index (χ0v) is 22.6. The van der Waals surface area contributed by atoms with E-state index in [1.165, 1.54) is 18.4 Å². The molecule has 0 amide bonds. The largest absolute Gasteiger partial charge is 0.507 e. The molecule has 3 heteroatoms. The Bertz CT molecular complexity index is 1120. The molecule has 3 fully saturated rings. The third-order valence-electron chi connectivity index (χ3n) is 9.32. The fourth-order valence-corrected chi connectivity index (χ4v) is 8.19. The Labute approximate surface area is 210 Å². The first-order valence-electron chi connectivity index (χ1n) is 13.1. The van der Waals surface area contributed by atoms with Gasteiger partial charge in [-0.15, -0.1) is 0 Å². The average molecular weight is 481 g/mol. The number of benzene rings is 2. The number of rotatable bonds is 2. The lowest BCUT2D eigenvalue weighted by atomic mass is 9.68. The van der Waals surface area contributed by atoms with Gasteiger partial charge in [0.25, 0.3) is 0 Å². The highest BCUT2D eigenvalue weighted by molar-refractivity contribution is 6.30. The number of aromatic hydroxyl groups is 2. The second-order valence-electron chi connectivity index (χ2n) is 13.6. The van der Waals surface area contributed by atoms with Crippen LogP contribution in [0.15, 0.2) is 24.3 Å².